The third-order valence-electron chi connectivity index (χ3n) is 8.38. The molecule has 2 heterocycles. The van der Waals surface area contributed by atoms with Crippen molar-refractivity contribution in [3.05, 3.63) is 41.2 Å². The second-order valence-electron chi connectivity index (χ2n) is 11.1. The number of ether oxygens (including phenoxy) is 1. The monoisotopic (exact) mass is 572 g/mol. The van der Waals surface area contributed by atoms with Crippen LogP contribution in [-0.4, -0.2) is 51.6 Å². The van der Waals surface area contributed by atoms with Crippen LogP contribution in [0.2, 0.25) is 0 Å². The van der Waals surface area contributed by atoms with Gasteiger partial charge in [0.1, 0.15) is 5.52 Å². The van der Waals surface area contributed by atoms with Gasteiger partial charge in [0.25, 0.3) is 0 Å². The third kappa shape index (κ3) is 6.01. The average molecular weight is 573 g/mol. The smallest absolute Gasteiger partial charge is 0.416 e. The van der Waals surface area contributed by atoms with Crippen LogP contribution in [0, 0.1) is 11.8 Å². The van der Waals surface area contributed by atoms with Crippen LogP contribution < -0.4 is 10.2 Å². The maximum atomic E-state index is 13.6. The number of alkyl halides is 3. The molecule has 1 amide bonds. The Hall–Kier alpha value is -3.70. The summed E-state index contributed by atoms with van der Waals surface area (Å²) in [5.74, 6) is -0.0340. The van der Waals surface area contributed by atoms with Gasteiger partial charge in [-0.1, -0.05) is 37.8 Å². The number of fused-ring (bicyclic) bond motifs is 1. The molecule has 0 aliphatic heterocycles. The lowest BCUT2D eigenvalue weighted by atomic mass is 9.80. The van der Waals surface area contributed by atoms with Gasteiger partial charge in [0.05, 0.1) is 19.2 Å². The minimum atomic E-state index is -4.45. The van der Waals surface area contributed by atoms with Crippen molar-refractivity contribution in [3.63, 3.8) is 0 Å². The van der Waals surface area contributed by atoms with E-state index in [9.17, 15) is 22.8 Å². The number of anilines is 2. The first kappa shape index (κ1) is 28.8. The number of hydrogen-bond acceptors (Lipinski definition) is 7. The summed E-state index contributed by atoms with van der Waals surface area (Å²) in [6, 6.07) is 4.93. The topological polar surface area (TPSA) is 102 Å². The van der Waals surface area contributed by atoms with Gasteiger partial charge in [0.2, 0.25) is 17.7 Å². The van der Waals surface area contributed by atoms with Crippen LogP contribution in [0.1, 0.15) is 80.0 Å². The Bertz CT molecular complexity index is 1410. The van der Waals surface area contributed by atoms with Crippen LogP contribution in [0.25, 0.3) is 11.2 Å². The fourth-order valence-electron chi connectivity index (χ4n) is 5.69. The first-order valence-electron chi connectivity index (χ1n) is 14.1. The molecule has 2 aliphatic carbocycles. The highest BCUT2D eigenvalue weighted by Gasteiger charge is 2.32. The highest BCUT2D eigenvalue weighted by Crippen LogP contribution is 2.35. The molecule has 1 N–H and O–H groups in total. The Morgan fingerprint density at radius 2 is 1.73 bits per heavy atom. The van der Waals surface area contributed by atoms with Crippen molar-refractivity contribution in [1.29, 1.82) is 0 Å². The van der Waals surface area contributed by atoms with E-state index in [0.29, 0.717) is 22.8 Å². The Labute approximate surface area is 236 Å². The summed E-state index contributed by atoms with van der Waals surface area (Å²) in [5, 5.41) is 3.43. The molecule has 0 spiro atoms. The number of esters is 1. The zero-order chi connectivity index (χ0) is 29.3. The van der Waals surface area contributed by atoms with Crippen molar-refractivity contribution >= 4 is 34.8 Å². The summed E-state index contributed by atoms with van der Waals surface area (Å²) in [6.45, 7) is 2.16. The Kier molecular flexibility index (Phi) is 8.19. The standard InChI is InChI=1S/C29H35F3N6O3/c1-17(19-10-7-11-19)33-23-22-24(35-25(34-23)27(40)41-3)36-28(37(2)26(39)20-8-5-4-6-9-20)38(22)16-18-12-14-21(15-13-18)29(30,31)32/h12-15,17,19-20H,4-11,16H2,1-3H3,(H,33,34,35)/t17-/m1/s1. The van der Waals surface area contributed by atoms with Crippen LogP contribution in [0.3, 0.4) is 0 Å². The van der Waals surface area contributed by atoms with E-state index >= 15 is 0 Å². The number of nitrogens with zero attached hydrogens (tertiary/aromatic N) is 5. The molecule has 0 saturated heterocycles. The molecule has 0 radical (unpaired) electrons. The van der Waals surface area contributed by atoms with E-state index in [4.69, 9.17) is 9.72 Å². The molecule has 2 fully saturated rings. The van der Waals surface area contributed by atoms with Crippen molar-refractivity contribution < 1.29 is 27.5 Å². The number of hydrogen-bond donors (Lipinski definition) is 1. The Morgan fingerprint density at radius 1 is 1.05 bits per heavy atom. The van der Waals surface area contributed by atoms with E-state index in [1.807, 2.05) is 6.92 Å². The van der Waals surface area contributed by atoms with E-state index in [-0.39, 0.29) is 41.8 Å². The third-order valence-corrected chi connectivity index (χ3v) is 8.38. The quantitative estimate of drug-likeness (QED) is 0.339. The second-order valence-corrected chi connectivity index (χ2v) is 11.1. The fourth-order valence-corrected chi connectivity index (χ4v) is 5.69. The largest absolute Gasteiger partial charge is 0.463 e. The van der Waals surface area contributed by atoms with Crippen molar-refractivity contribution in [3.8, 4) is 0 Å². The molecule has 9 nitrogen and oxygen atoms in total. The Morgan fingerprint density at radius 3 is 2.32 bits per heavy atom. The summed E-state index contributed by atoms with van der Waals surface area (Å²) < 4.78 is 46.3. The fraction of sp³-hybridized carbons (Fsp3) is 0.552. The van der Waals surface area contributed by atoms with Gasteiger partial charge in [-0.2, -0.15) is 18.2 Å². The summed E-state index contributed by atoms with van der Waals surface area (Å²) in [6.07, 6.45) is 3.47. The van der Waals surface area contributed by atoms with Crippen LogP contribution in [0.4, 0.5) is 24.9 Å². The van der Waals surface area contributed by atoms with Gasteiger partial charge in [0, 0.05) is 19.0 Å². The van der Waals surface area contributed by atoms with E-state index in [1.54, 1.807) is 11.6 Å². The van der Waals surface area contributed by atoms with Gasteiger partial charge in [-0.05, 0) is 56.2 Å². The predicted molar refractivity (Wildman–Crippen MR) is 148 cm³/mol. The number of carbonyl (C=O) groups excluding carboxylic acids is 2. The number of imidazole rings is 1. The van der Waals surface area contributed by atoms with Gasteiger partial charge < -0.3 is 14.6 Å². The van der Waals surface area contributed by atoms with Crippen molar-refractivity contribution in [2.24, 2.45) is 11.8 Å². The number of halogens is 3. The summed E-state index contributed by atoms with van der Waals surface area (Å²) in [5.41, 5.74) is 0.479. The number of carbonyl (C=O) groups is 2. The number of aromatic nitrogens is 4. The SMILES string of the molecule is COC(=O)c1nc(N[C@H](C)C2CCC2)c2c(n1)nc(N(C)C(=O)C1CCCCC1)n2Cc1ccc(C(F)(F)F)cc1. The predicted octanol–water partition coefficient (Wildman–Crippen LogP) is 5.82. The molecular formula is C29H35F3N6O3. The molecule has 220 valence electrons. The van der Waals surface area contributed by atoms with Gasteiger partial charge in [-0.15, -0.1) is 0 Å². The van der Waals surface area contributed by atoms with Gasteiger partial charge >= 0.3 is 12.1 Å². The van der Waals surface area contributed by atoms with E-state index < -0.39 is 17.7 Å². The minimum absolute atomic E-state index is 0.0341. The molecule has 1 aromatic carbocycles. The molecule has 5 rings (SSSR count). The van der Waals surface area contributed by atoms with Gasteiger partial charge in [-0.25, -0.2) is 14.8 Å². The van der Waals surface area contributed by atoms with E-state index in [2.05, 4.69) is 15.3 Å². The molecule has 41 heavy (non-hydrogen) atoms. The molecule has 2 aliphatic rings. The number of benzene rings is 1. The molecular weight excluding hydrogens is 537 g/mol. The van der Waals surface area contributed by atoms with Crippen LogP contribution in [0.15, 0.2) is 24.3 Å². The van der Waals surface area contributed by atoms with E-state index in [0.717, 1.165) is 63.5 Å². The highest BCUT2D eigenvalue weighted by molar-refractivity contribution is 5.97. The van der Waals surface area contributed by atoms with Crippen molar-refractivity contribution in [1.82, 2.24) is 19.5 Å². The number of methoxy groups -OCH3 is 1. The van der Waals surface area contributed by atoms with Crippen molar-refractivity contribution in [2.45, 2.75) is 77.1 Å². The highest BCUT2D eigenvalue weighted by atomic mass is 19.4. The first-order chi connectivity index (χ1) is 19.6. The first-order valence-corrected chi connectivity index (χ1v) is 14.1. The maximum absolute atomic E-state index is 13.6. The van der Waals surface area contributed by atoms with Gasteiger partial charge in [-0.3, -0.25) is 9.69 Å². The molecule has 2 saturated carbocycles. The van der Waals surface area contributed by atoms with Crippen LogP contribution in [-0.2, 0) is 22.3 Å². The van der Waals surface area contributed by atoms with E-state index in [1.165, 1.54) is 24.1 Å². The Balaban J connectivity index is 1.63. The lowest BCUT2D eigenvalue weighted by Gasteiger charge is -2.32. The molecule has 3 aromatic rings. The lowest BCUT2D eigenvalue weighted by molar-refractivity contribution is -0.137. The minimum Gasteiger partial charge on any atom is -0.463 e. The molecule has 0 bridgehead atoms. The number of nitrogens with one attached hydrogen (secondary N) is 1. The molecule has 1 atom stereocenters. The average Bonchev–Trinajstić information content (AvgIpc) is 3.29. The normalized spacial score (nSPS) is 17.2. The summed E-state index contributed by atoms with van der Waals surface area (Å²) in [7, 11) is 2.89. The lowest BCUT2D eigenvalue weighted by Crippen LogP contribution is -2.35. The zero-order valence-electron chi connectivity index (χ0n) is 23.5. The molecule has 12 heteroatoms. The number of rotatable bonds is 8. The van der Waals surface area contributed by atoms with Gasteiger partial charge in [0.15, 0.2) is 11.5 Å². The summed E-state index contributed by atoms with van der Waals surface area (Å²) >= 11 is 0. The maximum Gasteiger partial charge on any atom is 0.416 e. The summed E-state index contributed by atoms with van der Waals surface area (Å²) in [4.78, 5) is 41.1. The van der Waals surface area contributed by atoms with Crippen LogP contribution >= 0.6 is 0 Å². The zero-order valence-corrected chi connectivity index (χ0v) is 23.5. The number of amides is 1. The van der Waals surface area contributed by atoms with Crippen molar-refractivity contribution in [2.75, 3.05) is 24.4 Å². The molecule has 0 unspecified atom stereocenters. The van der Waals surface area contributed by atoms with Crippen LogP contribution in [0.5, 0.6) is 0 Å². The molecule has 2 aromatic heterocycles. The second kappa shape index (κ2) is 11.7.